The number of pyridine rings is 1. The lowest BCUT2D eigenvalue weighted by atomic mass is 10.3. The molecule has 0 fully saturated rings. The quantitative estimate of drug-likeness (QED) is 0.759. The molecule has 1 N–H and O–H groups in total. The van der Waals surface area contributed by atoms with Crippen LogP contribution in [0, 0.1) is 0 Å². The Morgan fingerprint density at radius 1 is 1.36 bits per heavy atom. The van der Waals surface area contributed by atoms with Gasteiger partial charge in [0.15, 0.2) is 5.58 Å². The molecular weight excluding hydrogens is 278 g/mol. The lowest BCUT2D eigenvalue weighted by Crippen LogP contribution is -2.25. The lowest BCUT2D eigenvalue weighted by molar-refractivity contribution is 0.0941. The van der Waals surface area contributed by atoms with E-state index in [0.717, 1.165) is 36.2 Å². The summed E-state index contributed by atoms with van der Waals surface area (Å²) in [6, 6.07) is 9.36. The molecule has 0 bridgehead atoms. The van der Waals surface area contributed by atoms with E-state index in [-0.39, 0.29) is 5.91 Å². The van der Waals surface area contributed by atoms with Crippen LogP contribution in [0.15, 0.2) is 47.2 Å². The second-order valence-corrected chi connectivity index (χ2v) is 5.21. The first kappa shape index (κ1) is 14.4. The van der Waals surface area contributed by atoms with Crippen LogP contribution in [0.4, 0.5) is 0 Å². The van der Waals surface area contributed by atoms with Gasteiger partial charge in [-0.3, -0.25) is 9.78 Å². The fraction of sp³-hybridized carbons (Fsp3) is 0.294. The molecule has 0 spiro atoms. The Hall–Kier alpha value is -2.56. The van der Waals surface area contributed by atoms with Gasteiger partial charge in [0.25, 0.3) is 5.91 Å². The van der Waals surface area contributed by atoms with E-state index in [1.165, 1.54) is 0 Å². The summed E-state index contributed by atoms with van der Waals surface area (Å²) in [5, 5.41) is 2.92. The Labute approximate surface area is 129 Å². The molecule has 0 saturated heterocycles. The summed E-state index contributed by atoms with van der Waals surface area (Å²) in [5.74, 6) is -0.104. The van der Waals surface area contributed by atoms with Crippen LogP contribution in [0.1, 0.15) is 35.9 Å². The van der Waals surface area contributed by atoms with Gasteiger partial charge in [0.05, 0.1) is 24.0 Å². The lowest BCUT2D eigenvalue weighted by Gasteiger charge is -2.09. The van der Waals surface area contributed by atoms with Crippen LogP contribution in [0.25, 0.3) is 11.1 Å². The maximum Gasteiger partial charge on any atom is 0.268 e. The Bertz CT molecular complexity index is 759. The predicted molar refractivity (Wildman–Crippen MR) is 84.5 cm³/mol. The molecule has 0 unspecified atom stereocenters. The van der Waals surface area contributed by atoms with E-state index >= 15 is 0 Å². The number of carbonyl (C=O) groups excluding carboxylic acids is 1. The van der Waals surface area contributed by atoms with E-state index in [2.05, 4.69) is 17.2 Å². The molecule has 22 heavy (non-hydrogen) atoms. The van der Waals surface area contributed by atoms with Gasteiger partial charge in [0, 0.05) is 24.9 Å². The third kappa shape index (κ3) is 2.88. The van der Waals surface area contributed by atoms with Crippen LogP contribution < -0.4 is 5.32 Å². The number of fused-ring (bicyclic) bond motifs is 1. The molecule has 3 aromatic rings. The van der Waals surface area contributed by atoms with Gasteiger partial charge in [-0.25, -0.2) is 0 Å². The molecule has 0 aliphatic heterocycles. The molecule has 114 valence electrons. The minimum atomic E-state index is -0.104. The first-order chi connectivity index (χ1) is 10.8. The fourth-order valence-corrected chi connectivity index (χ4v) is 2.49. The van der Waals surface area contributed by atoms with Crippen LogP contribution in [0.3, 0.4) is 0 Å². The van der Waals surface area contributed by atoms with E-state index in [1.807, 2.05) is 28.8 Å². The number of furan rings is 1. The SMILES string of the molecule is CCCCn1c(C(=O)NCc2ccccn2)cc2occc21. The molecule has 0 aliphatic carbocycles. The first-order valence-electron chi connectivity index (χ1n) is 7.54. The minimum Gasteiger partial charge on any atom is -0.463 e. The molecule has 0 aliphatic rings. The Morgan fingerprint density at radius 2 is 2.27 bits per heavy atom. The van der Waals surface area contributed by atoms with Crippen molar-refractivity contribution in [2.75, 3.05) is 0 Å². The predicted octanol–water partition coefficient (Wildman–Crippen LogP) is 3.36. The van der Waals surface area contributed by atoms with Crippen molar-refractivity contribution in [3.8, 4) is 0 Å². The van der Waals surface area contributed by atoms with E-state index in [0.29, 0.717) is 12.2 Å². The van der Waals surface area contributed by atoms with E-state index in [4.69, 9.17) is 4.42 Å². The zero-order chi connectivity index (χ0) is 15.4. The molecule has 0 saturated carbocycles. The van der Waals surface area contributed by atoms with E-state index in [9.17, 15) is 4.79 Å². The highest BCUT2D eigenvalue weighted by atomic mass is 16.3. The third-order valence-corrected chi connectivity index (χ3v) is 3.65. The summed E-state index contributed by atoms with van der Waals surface area (Å²) in [4.78, 5) is 16.7. The largest absolute Gasteiger partial charge is 0.463 e. The number of unbranched alkanes of at least 4 members (excludes halogenated alkanes) is 1. The van der Waals surface area contributed by atoms with Crippen molar-refractivity contribution < 1.29 is 9.21 Å². The maximum atomic E-state index is 12.5. The van der Waals surface area contributed by atoms with Gasteiger partial charge in [-0.1, -0.05) is 19.4 Å². The molecule has 1 amide bonds. The van der Waals surface area contributed by atoms with Crippen molar-refractivity contribution >= 4 is 17.0 Å². The van der Waals surface area contributed by atoms with Crippen molar-refractivity contribution in [3.05, 3.63) is 54.2 Å². The number of carbonyl (C=O) groups is 1. The first-order valence-corrected chi connectivity index (χ1v) is 7.54. The summed E-state index contributed by atoms with van der Waals surface area (Å²) < 4.78 is 7.44. The number of rotatable bonds is 6. The average molecular weight is 297 g/mol. The zero-order valence-corrected chi connectivity index (χ0v) is 12.6. The Morgan fingerprint density at radius 3 is 3.05 bits per heavy atom. The maximum absolute atomic E-state index is 12.5. The van der Waals surface area contributed by atoms with E-state index in [1.54, 1.807) is 18.5 Å². The molecule has 0 aromatic carbocycles. The summed E-state index contributed by atoms with van der Waals surface area (Å²) in [6.07, 6.45) is 5.48. The molecule has 0 radical (unpaired) electrons. The van der Waals surface area contributed by atoms with Gasteiger partial charge >= 0.3 is 0 Å². The topological polar surface area (TPSA) is 60.1 Å². The smallest absolute Gasteiger partial charge is 0.268 e. The second-order valence-electron chi connectivity index (χ2n) is 5.21. The highest BCUT2D eigenvalue weighted by Crippen LogP contribution is 2.21. The summed E-state index contributed by atoms with van der Waals surface area (Å²) >= 11 is 0. The van der Waals surface area contributed by atoms with E-state index < -0.39 is 0 Å². The number of amides is 1. The van der Waals surface area contributed by atoms with Crippen molar-refractivity contribution in [2.45, 2.75) is 32.9 Å². The number of nitrogens with one attached hydrogen (secondary N) is 1. The Balaban J connectivity index is 1.79. The molecule has 3 rings (SSSR count). The standard InChI is InChI=1S/C17H19N3O2/c1-2-3-9-20-14-7-10-22-16(14)11-15(20)17(21)19-12-13-6-4-5-8-18-13/h4-8,10-11H,2-3,9,12H2,1H3,(H,19,21). The number of nitrogens with zero attached hydrogens (tertiary/aromatic N) is 2. The summed E-state index contributed by atoms with van der Waals surface area (Å²) in [6.45, 7) is 3.36. The van der Waals surface area contributed by atoms with Gasteiger partial charge in [0.1, 0.15) is 5.69 Å². The van der Waals surface area contributed by atoms with Crippen LogP contribution in [0.2, 0.25) is 0 Å². The normalized spacial score (nSPS) is 11.0. The van der Waals surface area contributed by atoms with Crippen LogP contribution in [-0.2, 0) is 13.1 Å². The summed E-state index contributed by atoms with van der Waals surface area (Å²) in [5.41, 5.74) is 3.19. The van der Waals surface area contributed by atoms with Crippen molar-refractivity contribution in [1.82, 2.24) is 14.9 Å². The van der Waals surface area contributed by atoms with Crippen molar-refractivity contribution in [2.24, 2.45) is 0 Å². The average Bonchev–Trinajstić information content (AvgIpc) is 3.13. The molecule has 0 atom stereocenters. The number of aryl methyl sites for hydroxylation is 1. The molecule has 5 nitrogen and oxygen atoms in total. The number of hydrogen-bond donors (Lipinski definition) is 1. The highest BCUT2D eigenvalue weighted by Gasteiger charge is 2.16. The van der Waals surface area contributed by atoms with Crippen molar-refractivity contribution in [3.63, 3.8) is 0 Å². The number of hydrogen-bond acceptors (Lipinski definition) is 3. The van der Waals surface area contributed by atoms with Gasteiger partial charge < -0.3 is 14.3 Å². The van der Waals surface area contributed by atoms with Gasteiger partial charge in [0.2, 0.25) is 0 Å². The number of aromatic nitrogens is 2. The zero-order valence-electron chi connectivity index (χ0n) is 12.6. The van der Waals surface area contributed by atoms with Crippen LogP contribution in [0.5, 0.6) is 0 Å². The van der Waals surface area contributed by atoms with Crippen LogP contribution >= 0.6 is 0 Å². The summed E-state index contributed by atoms with van der Waals surface area (Å²) in [7, 11) is 0. The van der Waals surface area contributed by atoms with Crippen LogP contribution in [-0.4, -0.2) is 15.5 Å². The highest BCUT2D eigenvalue weighted by molar-refractivity contribution is 5.97. The van der Waals surface area contributed by atoms with Gasteiger partial charge in [-0.2, -0.15) is 0 Å². The molecule has 5 heteroatoms. The third-order valence-electron chi connectivity index (χ3n) is 3.65. The molecule has 3 aromatic heterocycles. The van der Waals surface area contributed by atoms with Gasteiger partial charge in [-0.05, 0) is 18.6 Å². The molecule has 3 heterocycles. The Kier molecular flexibility index (Phi) is 4.23. The monoisotopic (exact) mass is 297 g/mol. The second kappa shape index (κ2) is 6.47. The van der Waals surface area contributed by atoms with Gasteiger partial charge in [-0.15, -0.1) is 0 Å². The minimum absolute atomic E-state index is 0.104. The molecular formula is C17H19N3O2. The fourth-order valence-electron chi connectivity index (χ4n) is 2.49. The van der Waals surface area contributed by atoms with Crippen molar-refractivity contribution in [1.29, 1.82) is 0 Å².